The summed E-state index contributed by atoms with van der Waals surface area (Å²) in [5.74, 6) is 0.931. The van der Waals surface area contributed by atoms with E-state index < -0.39 is 0 Å². The van der Waals surface area contributed by atoms with Gasteiger partial charge in [-0.25, -0.2) is 0 Å². The van der Waals surface area contributed by atoms with E-state index >= 15 is 0 Å². The van der Waals surface area contributed by atoms with E-state index in [1.54, 1.807) is 16.9 Å². The van der Waals surface area contributed by atoms with Gasteiger partial charge in [-0.05, 0) is 36.4 Å². The average molecular weight is 333 g/mol. The zero-order valence-electron chi connectivity index (χ0n) is 13.6. The van der Waals surface area contributed by atoms with Crippen LogP contribution < -0.4 is 14.5 Å². The Morgan fingerprint density at radius 1 is 0.783 bits per heavy atom. The summed E-state index contributed by atoms with van der Waals surface area (Å²) >= 11 is 5.95. The third-order valence-electron chi connectivity index (χ3n) is 4.64. The van der Waals surface area contributed by atoms with Crippen LogP contribution in [0.5, 0.6) is 5.75 Å². The monoisotopic (exact) mass is 332 g/mol. The number of piperazine rings is 1. The maximum absolute atomic E-state index is 5.95. The van der Waals surface area contributed by atoms with Gasteiger partial charge in [-0.1, -0.05) is 23.7 Å². The van der Waals surface area contributed by atoms with Gasteiger partial charge >= 0.3 is 0 Å². The van der Waals surface area contributed by atoms with Crippen molar-refractivity contribution < 1.29 is 14.5 Å². The molecular formula is C19H25ClN2O+2. The van der Waals surface area contributed by atoms with E-state index in [0.29, 0.717) is 0 Å². The summed E-state index contributed by atoms with van der Waals surface area (Å²) in [6.07, 6.45) is 0. The van der Waals surface area contributed by atoms with Crippen molar-refractivity contribution in [2.75, 3.05) is 33.3 Å². The van der Waals surface area contributed by atoms with E-state index in [-0.39, 0.29) is 0 Å². The Bertz CT molecular complexity index is 604. The van der Waals surface area contributed by atoms with Crippen molar-refractivity contribution in [1.29, 1.82) is 0 Å². The molecule has 1 aliphatic rings. The lowest BCUT2D eigenvalue weighted by atomic mass is 10.1. The van der Waals surface area contributed by atoms with Gasteiger partial charge < -0.3 is 14.5 Å². The molecule has 2 aromatic rings. The Labute approximate surface area is 143 Å². The van der Waals surface area contributed by atoms with Gasteiger partial charge in [0.1, 0.15) is 45.0 Å². The van der Waals surface area contributed by atoms with Crippen LogP contribution in [-0.4, -0.2) is 33.3 Å². The standard InChI is InChI=1S/C19H23ClN2O/c1-23-19-8-4-17(5-9-19)15-22-12-10-21(11-13-22)14-16-2-6-18(20)7-3-16/h2-9H,10-15H2,1H3/p+2. The Hall–Kier alpha value is -1.55. The van der Waals surface area contributed by atoms with Crippen LogP contribution in [0.25, 0.3) is 0 Å². The van der Waals surface area contributed by atoms with Crippen LogP contribution in [0, 0.1) is 0 Å². The van der Waals surface area contributed by atoms with Gasteiger partial charge in [0.15, 0.2) is 0 Å². The molecule has 0 radical (unpaired) electrons. The Kier molecular flexibility index (Phi) is 5.55. The molecule has 0 spiro atoms. The first-order chi connectivity index (χ1) is 11.2. The SMILES string of the molecule is COc1ccc(C[NH+]2CC[NH+](Cc3ccc(Cl)cc3)CC2)cc1. The van der Waals surface area contributed by atoms with E-state index in [1.807, 2.05) is 12.1 Å². The fourth-order valence-electron chi connectivity index (χ4n) is 3.23. The minimum Gasteiger partial charge on any atom is -0.497 e. The molecule has 0 atom stereocenters. The van der Waals surface area contributed by atoms with Crippen molar-refractivity contribution in [2.45, 2.75) is 13.1 Å². The molecule has 0 saturated carbocycles. The fourth-order valence-corrected chi connectivity index (χ4v) is 3.36. The minimum atomic E-state index is 0.817. The number of hydrogen-bond acceptors (Lipinski definition) is 1. The number of rotatable bonds is 5. The van der Waals surface area contributed by atoms with E-state index in [9.17, 15) is 0 Å². The van der Waals surface area contributed by atoms with Gasteiger partial charge in [0.05, 0.1) is 7.11 Å². The Morgan fingerprint density at radius 2 is 1.22 bits per heavy atom. The zero-order valence-corrected chi connectivity index (χ0v) is 14.4. The highest BCUT2D eigenvalue weighted by molar-refractivity contribution is 6.30. The quantitative estimate of drug-likeness (QED) is 0.830. The maximum atomic E-state index is 5.95. The maximum Gasteiger partial charge on any atom is 0.127 e. The van der Waals surface area contributed by atoms with Crippen LogP contribution in [0.15, 0.2) is 48.5 Å². The molecule has 1 fully saturated rings. The molecule has 3 rings (SSSR count). The number of nitrogens with one attached hydrogen (secondary N) is 2. The summed E-state index contributed by atoms with van der Waals surface area (Å²) in [6.45, 7) is 7.14. The molecular weight excluding hydrogens is 308 g/mol. The fraction of sp³-hybridized carbons (Fsp3) is 0.368. The number of quaternary nitrogens is 2. The smallest absolute Gasteiger partial charge is 0.127 e. The number of ether oxygens (including phenoxy) is 1. The highest BCUT2D eigenvalue weighted by Gasteiger charge is 2.23. The van der Waals surface area contributed by atoms with Crippen LogP contribution in [0.4, 0.5) is 0 Å². The van der Waals surface area contributed by atoms with Gasteiger partial charge in [0, 0.05) is 16.1 Å². The molecule has 122 valence electrons. The highest BCUT2D eigenvalue weighted by Crippen LogP contribution is 2.10. The molecule has 0 aliphatic carbocycles. The summed E-state index contributed by atoms with van der Waals surface area (Å²) in [5, 5.41) is 0.817. The summed E-state index contributed by atoms with van der Waals surface area (Å²) < 4.78 is 5.22. The van der Waals surface area contributed by atoms with E-state index in [4.69, 9.17) is 16.3 Å². The summed E-state index contributed by atoms with van der Waals surface area (Å²) in [4.78, 5) is 3.35. The minimum absolute atomic E-state index is 0.817. The second kappa shape index (κ2) is 7.82. The van der Waals surface area contributed by atoms with Crippen LogP contribution in [0.1, 0.15) is 11.1 Å². The van der Waals surface area contributed by atoms with Crippen molar-refractivity contribution in [3.8, 4) is 5.75 Å². The normalized spacial score (nSPS) is 21.1. The second-order valence-electron chi connectivity index (χ2n) is 6.33. The molecule has 3 nitrogen and oxygen atoms in total. The highest BCUT2D eigenvalue weighted by atomic mass is 35.5. The lowest BCUT2D eigenvalue weighted by Crippen LogP contribution is -3.27. The number of hydrogen-bond donors (Lipinski definition) is 2. The predicted octanol–water partition coefficient (Wildman–Crippen LogP) is 0.832. The van der Waals surface area contributed by atoms with Gasteiger partial charge in [0.25, 0.3) is 0 Å². The molecule has 2 N–H and O–H groups in total. The van der Waals surface area contributed by atoms with Crippen molar-refractivity contribution in [1.82, 2.24) is 0 Å². The Morgan fingerprint density at radius 3 is 1.65 bits per heavy atom. The van der Waals surface area contributed by atoms with Crippen molar-refractivity contribution in [3.63, 3.8) is 0 Å². The first-order valence-electron chi connectivity index (χ1n) is 8.27. The molecule has 0 aromatic heterocycles. The molecule has 0 bridgehead atoms. The van der Waals surface area contributed by atoms with Crippen LogP contribution in [0.2, 0.25) is 5.02 Å². The van der Waals surface area contributed by atoms with Gasteiger partial charge in [-0.15, -0.1) is 0 Å². The molecule has 0 amide bonds. The first kappa shape index (κ1) is 16.3. The largest absolute Gasteiger partial charge is 0.497 e. The van der Waals surface area contributed by atoms with E-state index in [1.165, 1.54) is 37.3 Å². The van der Waals surface area contributed by atoms with Crippen LogP contribution in [0.3, 0.4) is 0 Å². The summed E-state index contributed by atoms with van der Waals surface area (Å²) in [5.41, 5.74) is 2.77. The molecule has 2 aromatic carbocycles. The zero-order chi connectivity index (χ0) is 16.1. The van der Waals surface area contributed by atoms with Gasteiger partial charge in [-0.2, -0.15) is 0 Å². The summed E-state index contributed by atoms with van der Waals surface area (Å²) in [6, 6.07) is 16.7. The molecule has 4 heteroatoms. The van der Waals surface area contributed by atoms with E-state index in [2.05, 4.69) is 36.4 Å². The first-order valence-corrected chi connectivity index (χ1v) is 8.65. The molecule has 23 heavy (non-hydrogen) atoms. The molecule has 1 aliphatic heterocycles. The second-order valence-corrected chi connectivity index (χ2v) is 6.76. The topological polar surface area (TPSA) is 18.1 Å². The molecule has 0 unspecified atom stereocenters. The number of methoxy groups -OCH3 is 1. The third-order valence-corrected chi connectivity index (χ3v) is 4.90. The van der Waals surface area contributed by atoms with Crippen LogP contribution >= 0.6 is 11.6 Å². The number of halogens is 1. The third kappa shape index (κ3) is 4.71. The lowest BCUT2D eigenvalue weighted by molar-refractivity contribution is -1.02. The van der Waals surface area contributed by atoms with Crippen molar-refractivity contribution in [2.24, 2.45) is 0 Å². The summed E-state index contributed by atoms with van der Waals surface area (Å²) in [7, 11) is 1.71. The Balaban J connectivity index is 1.47. The molecule has 1 saturated heterocycles. The molecule has 1 heterocycles. The lowest BCUT2D eigenvalue weighted by Gasteiger charge is -2.29. The van der Waals surface area contributed by atoms with Gasteiger partial charge in [-0.3, -0.25) is 0 Å². The van der Waals surface area contributed by atoms with Crippen LogP contribution in [-0.2, 0) is 13.1 Å². The average Bonchev–Trinajstić information content (AvgIpc) is 2.59. The van der Waals surface area contributed by atoms with E-state index in [0.717, 1.165) is 23.9 Å². The van der Waals surface area contributed by atoms with Crippen molar-refractivity contribution in [3.05, 3.63) is 64.7 Å². The predicted molar refractivity (Wildman–Crippen MR) is 93.2 cm³/mol. The number of benzene rings is 2. The van der Waals surface area contributed by atoms with Crippen molar-refractivity contribution >= 4 is 11.6 Å². The van der Waals surface area contributed by atoms with Gasteiger partial charge in [0.2, 0.25) is 0 Å².